The zero-order valence-electron chi connectivity index (χ0n) is 13.5. The maximum Gasteiger partial charge on any atom is 0.120 e. The summed E-state index contributed by atoms with van der Waals surface area (Å²) in [4.78, 5) is 0. The summed E-state index contributed by atoms with van der Waals surface area (Å²) in [5, 5.41) is 12.9. The van der Waals surface area contributed by atoms with Gasteiger partial charge in [-0.25, -0.2) is 0 Å². The third kappa shape index (κ3) is 4.47. The van der Waals surface area contributed by atoms with Crippen LogP contribution in [0.2, 0.25) is 0 Å². The smallest absolute Gasteiger partial charge is 0.120 e. The van der Waals surface area contributed by atoms with Crippen molar-refractivity contribution in [2.24, 2.45) is 5.92 Å². The standard InChI is InChI=1S/C19H29NO2/c21-14-15-8-10-17(11-9-15)20-13-16-4-3-7-19(12-16)22-18-5-1-2-6-18/h3-4,7,12,15,17-18,20-21H,1-2,5-6,8-11,13-14H2. The summed E-state index contributed by atoms with van der Waals surface area (Å²) in [7, 11) is 0. The topological polar surface area (TPSA) is 41.5 Å². The zero-order chi connectivity index (χ0) is 15.2. The molecule has 0 bridgehead atoms. The van der Waals surface area contributed by atoms with E-state index in [9.17, 15) is 5.11 Å². The molecule has 2 saturated carbocycles. The van der Waals surface area contributed by atoms with Gasteiger partial charge in [-0.2, -0.15) is 0 Å². The molecule has 0 atom stereocenters. The van der Waals surface area contributed by atoms with Crippen LogP contribution in [0.4, 0.5) is 0 Å². The summed E-state index contributed by atoms with van der Waals surface area (Å²) >= 11 is 0. The van der Waals surface area contributed by atoms with Gasteiger partial charge in [0.05, 0.1) is 6.10 Å². The first-order valence-corrected chi connectivity index (χ1v) is 8.93. The third-order valence-electron chi connectivity index (χ3n) is 5.20. The number of hydrogen-bond donors (Lipinski definition) is 2. The summed E-state index contributed by atoms with van der Waals surface area (Å²) in [5.74, 6) is 1.55. The second-order valence-electron chi connectivity index (χ2n) is 6.95. The van der Waals surface area contributed by atoms with Crippen LogP contribution >= 0.6 is 0 Å². The molecule has 0 spiro atoms. The van der Waals surface area contributed by atoms with Crippen molar-refractivity contribution in [2.75, 3.05) is 6.61 Å². The molecule has 3 heteroatoms. The lowest BCUT2D eigenvalue weighted by Crippen LogP contribution is -2.33. The molecular weight excluding hydrogens is 274 g/mol. The normalized spacial score (nSPS) is 26.2. The van der Waals surface area contributed by atoms with E-state index in [4.69, 9.17) is 4.74 Å². The molecule has 0 amide bonds. The van der Waals surface area contributed by atoms with Crippen molar-refractivity contribution in [2.45, 2.75) is 70.1 Å². The highest BCUT2D eigenvalue weighted by Gasteiger charge is 2.20. The van der Waals surface area contributed by atoms with E-state index in [-0.39, 0.29) is 0 Å². The van der Waals surface area contributed by atoms with Gasteiger partial charge >= 0.3 is 0 Å². The Kier molecular flexibility index (Phi) is 5.74. The summed E-state index contributed by atoms with van der Waals surface area (Å²) in [5.41, 5.74) is 1.31. The summed E-state index contributed by atoms with van der Waals surface area (Å²) in [6, 6.07) is 9.14. The van der Waals surface area contributed by atoms with E-state index in [1.54, 1.807) is 0 Å². The Hall–Kier alpha value is -1.06. The average molecular weight is 303 g/mol. The van der Waals surface area contributed by atoms with Crippen LogP contribution in [0.15, 0.2) is 24.3 Å². The van der Waals surface area contributed by atoms with Crippen LogP contribution in [0.5, 0.6) is 5.75 Å². The fraction of sp³-hybridized carbons (Fsp3) is 0.684. The predicted octanol–water partition coefficient (Wildman–Crippen LogP) is 3.65. The summed E-state index contributed by atoms with van der Waals surface area (Å²) < 4.78 is 6.08. The maximum atomic E-state index is 9.20. The molecule has 0 heterocycles. The molecule has 2 N–H and O–H groups in total. The van der Waals surface area contributed by atoms with Gasteiger partial charge in [-0.3, -0.25) is 0 Å². The number of nitrogens with one attached hydrogen (secondary N) is 1. The Balaban J connectivity index is 1.46. The first-order valence-electron chi connectivity index (χ1n) is 8.93. The van der Waals surface area contributed by atoms with Gasteiger partial charge in [0.2, 0.25) is 0 Å². The number of rotatable bonds is 6. The first kappa shape index (κ1) is 15.8. The molecular formula is C19H29NO2. The summed E-state index contributed by atoms with van der Waals surface area (Å²) in [6.07, 6.45) is 10.1. The Morgan fingerprint density at radius 2 is 1.82 bits per heavy atom. The van der Waals surface area contributed by atoms with Crippen LogP contribution in [0.3, 0.4) is 0 Å². The predicted molar refractivity (Wildman–Crippen MR) is 89.0 cm³/mol. The lowest BCUT2D eigenvalue weighted by molar-refractivity contribution is 0.175. The Morgan fingerprint density at radius 1 is 1.05 bits per heavy atom. The van der Waals surface area contributed by atoms with Gasteiger partial charge in [0, 0.05) is 19.2 Å². The molecule has 0 radical (unpaired) electrons. The molecule has 0 aromatic heterocycles. The molecule has 1 aromatic rings. The number of aliphatic hydroxyl groups excluding tert-OH is 1. The lowest BCUT2D eigenvalue weighted by atomic mass is 9.86. The molecule has 22 heavy (non-hydrogen) atoms. The fourth-order valence-electron chi connectivity index (χ4n) is 3.74. The minimum absolute atomic E-state index is 0.354. The van der Waals surface area contributed by atoms with Crippen molar-refractivity contribution < 1.29 is 9.84 Å². The minimum atomic E-state index is 0.354. The molecule has 0 saturated heterocycles. The van der Waals surface area contributed by atoms with Crippen molar-refractivity contribution in [3.05, 3.63) is 29.8 Å². The third-order valence-corrected chi connectivity index (χ3v) is 5.20. The first-order chi connectivity index (χ1) is 10.8. The maximum absolute atomic E-state index is 9.20. The SMILES string of the molecule is OCC1CCC(NCc2cccc(OC3CCCC3)c2)CC1. The monoisotopic (exact) mass is 303 g/mol. The van der Waals surface area contributed by atoms with Gasteiger partial charge in [-0.05, 0) is 75.0 Å². The lowest BCUT2D eigenvalue weighted by Gasteiger charge is -2.28. The highest BCUT2D eigenvalue weighted by Crippen LogP contribution is 2.26. The van der Waals surface area contributed by atoms with Gasteiger partial charge in [0.25, 0.3) is 0 Å². The van der Waals surface area contributed by atoms with Crippen molar-refractivity contribution >= 4 is 0 Å². The van der Waals surface area contributed by atoms with E-state index in [1.165, 1.54) is 44.1 Å². The Bertz CT molecular complexity index is 449. The number of ether oxygens (including phenoxy) is 1. The molecule has 1 aromatic carbocycles. The summed E-state index contributed by atoms with van der Waals surface area (Å²) in [6.45, 7) is 1.27. The second-order valence-corrected chi connectivity index (χ2v) is 6.95. The van der Waals surface area contributed by atoms with E-state index < -0.39 is 0 Å². The van der Waals surface area contributed by atoms with Crippen molar-refractivity contribution in [1.82, 2.24) is 5.32 Å². The molecule has 0 unspecified atom stereocenters. The Labute approximate surface area is 134 Å². The van der Waals surface area contributed by atoms with E-state index in [0.29, 0.717) is 24.7 Å². The van der Waals surface area contributed by atoms with Crippen LogP contribution in [-0.2, 0) is 6.54 Å². The van der Waals surface area contributed by atoms with Crippen LogP contribution in [0.1, 0.15) is 56.9 Å². The van der Waals surface area contributed by atoms with E-state index in [1.807, 2.05) is 0 Å². The van der Waals surface area contributed by atoms with E-state index in [2.05, 4.69) is 29.6 Å². The fourth-order valence-corrected chi connectivity index (χ4v) is 3.74. The van der Waals surface area contributed by atoms with Gasteiger partial charge in [-0.15, -0.1) is 0 Å². The number of aliphatic hydroxyl groups is 1. The van der Waals surface area contributed by atoms with Gasteiger partial charge in [0.15, 0.2) is 0 Å². The van der Waals surface area contributed by atoms with Gasteiger partial charge < -0.3 is 15.2 Å². The molecule has 3 nitrogen and oxygen atoms in total. The van der Waals surface area contributed by atoms with Crippen LogP contribution in [-0.4, -0.2) is 23.9 Å². The quantitative estimate of drug-likeness (QED) is 0.843. The molecule has 2 aliphatic carbocycles. The Morgan fingerprint density at radius 3 is 2.55 bits per heavy atom. The van der Waals surface area contributed by atoms with Crippen LogP contribution in [0.25, 0.3) is 0 Å². The van der Waals surface area contributed by atoms with E-state index >= 15 is 0 Å². The highest BCUT2D eigenvalue weighted by molar-refractivity contribution is 5.28. The minimum Gasteiger partial charge on any atom is -0.490 e. The second kappa shape index (κ2) is 7.98. The van der Waals surface area contributed by atoms with Crippen molar-refractivity contribution in [3.8, 4) is 5.75 Å². The van der Waals surface area contributed by atoms with Crippen molar-refractivity contribution in [3.63, 3.8) is 0 Å². The molecule has 122 valence electrons. The number of hydrogen-bond acceptors (Lipinski definition) is 3. The molecule has 0 aliphatic heterocycles. The van der Waals surface area contributed by atoms with Gasteiger partial charge in [-0.1, -0.05) is 12.1 Å². The zero-order valence-corrected chi connectivity index (χ0v) is 13.5. The van der Waals surface area contributed by atoms with Crippen LogP contribution in [0, 0.1) is 5.92 Å². The average Bonchev–Trinajstić information content (AvgIpc) is 3.07. The number of benzene rings is 1. The largest absolute Gasteiger partial charge is 0.490 e. The van der Waals surface area contributed by atoms with Gasteiger partial charge in [0.1, 0.15) is 5.75 Å². The highest BCUT2D eigenvalue weighted by atomic mass is 16.5. The molecule has 3 rings (SSSR count). The van der Waals surface area contributed by atoms with E-state index in [0.717, 1.165) is 25.1 Å². The van der Waals surface area contributed by atoms with Crippen LogP contribution < -0.4 is 10.1 Å². The molecule has 2 aliphatic rings. The molecule has 2 fully saturated rings. The van der Waals surface area contributed by atoms with Crippen molar-refractivity contribution in [1.29, 1.82) is 0 Å².